The van der Waals surface area contributed by atoms with E-state index in [0.717, 1.165) is 0 Å². The molecule has 140 valence electrons. The largest absolute Gasteiger partial charge is 0.508 e. The quantitative estimate of drug-likeness (QED) is 0.580. The summed E-state index contributed by atoms with van der Waals surface area (Å²) in [6.07, 6.45) is -0.387. The van der Waals surface area contributed by atoms with Gasteiger partial charge in [-0.05, 0) is 18.2 Å². The molecule has 0 radical (unpaired) electrons. The number of carbonyl (C=O) groups excluding carboxylic acids is 2. The van der Waals surface area contributed by atoms with Gasteiger partial charge in [-0.2, -0.15) is 0 Å². The van der Waals surface area contributed by atoms with Crippen LogP contribution >= 0.6 is 0 Å². The molecule has 2 N–H and O–H groups in total. The molecule has 0 unspecified atom stereocenters. The van der Waals surface area contributed by atoms with Crippen LogP contribution in [0.1, 0.15) is 23.0 Å². The minimum Gasteiger partial charge on any atom is -0.508 e. The zero-order valence-electron chi connectivity index (χ0n) is 14.4. The Labute approximate surface area is 153 Å². The molecule has 0 aliphatic rings. The summed E-state index contributed by atoms with van der Waals surface area (Å²) in [4.78, 5) is 37.6. The molecule has 1 heterocycles. The van der Waals surface area contributed by atoms with E-state index in [1.165, 1.54) is 44.4 Å². The van der Waals surface area contributed by atoms with E-state index in [1.54, 1.807) is 0 Å². The van der Waals surface area contributed by atoms with Crippen molar-refractivity contribution in [3.8, 4) is 11.5 Å². The number of aliphatic carboxylic acids is 1. The third-order valence-electron chi connectivity index (χ3n) is 3.11. The van der Waals surface area contributed by atoms with Crippen LogP contribution in [-0.2, 0) is 20.7 Å². The zero-order valence-corrected chi connectivity index (χ0v) is 14.4. The Bertz CT molecular complexity index is 925. The lowest BCUT2D eigenvalue weighted by Crippen LogP contribution is -2.07. The van der Waals surface area contributed by atoms with Gasteiger partial charge in [0.1, 0.15) is 11.5 Å². The second-order valence-electron chi connectivity index (χ2n) is 5.22. The molecule has 0 saturated heterocycles. The normalized spacial score (nSPS) is 10.6. The van der Waals surface area contributed by atoms with Crippen LogP contribution in [0.5, 0.6) is 11.5 Å². The molecular formula is C17H15N3O7. The predicted octanol–water partition coefficient (Wildman–Crippen LogP) is 2.54. The zero-order chi connectivity index (χ0) is 20.0. The molecule has 0 fully saturated rings. The predicted molar refractivity (Wildman–Crippen MR) is 90.5 cm³/mol. The van der Waals surface area contributed by atoms with Gasteiger partial charge in [-0.3, -0.25) is 9.59 Å². The fourth-order valence-corrected chi connectivity index (χ4v) is 2.02. The minimum atomic E-state index is -1.11. The fourth-order valence-electron chi connectivity index (χ4n) is 2.02. The van der Waals surface area contributed by atoms with Gasteiger partial charge < -0.3 is 19.7 Å². The first-order valence-electron chi connectivity index (χ1n) is 7.52. The summed E-state index contributed by atoms with van der Waals surface area (Å²) in [5, 5.41) is 26.3. The number of nitrogens with zero attached hydrogens (tertiary/aromatic N) is 3. The van der Waals surface area contributed by atoms with Crippen molar-refractivity contribution in [3.05, 3.63) is 41.6 Å². The summed E-state index contributed by atoms with van der Waals surface area (Å²) in [5.74, 6) is -2.66. The van der Waals surface area contributed by atoms with Gasteiger partial charge in [0, 0.05) is 24.6 Å². The number of benzene rings is 1. The molecule has 10 nitrogen and oxygen atoms in total. The number of carbonyl (C=O) groups is 3. The average molecular weight is 373 g/mol. The maximum atomic E-state index is 11.7. The molecule has 10 heteroatoms. The van der Waals surface area contributed by atoms with Crippen molar-refractivity contribution in [1.82, 2.24) is 4.98 Å². The second-order valence-corrected chi connectivity index (χ2v) is 5.22. The van der Waals surface area contributed by atoms with Crippen molar-refractivity contribution >= 4 is 29.4 Å². The van der Waals surface area contributed by atoms with E-state index in [0.29, 0.717) is 0 Å². The number of aromatic hydroxyl groups is 1. The van der Waals surface area contributed by atoms with E-state index in [-0.39, 0.29) is 40.7 Å². The second kappa shape index (κ2) is 8.52. The number of hydrogen-bond donors (Lipinski definition) is 2. The van der Waals surface area contributed by atoms with Crippen molar-refractivity contribution in [2.75, 3.05) is 7.11 Å². The van der Waals surface area contributed by atoms with Crippen molar-refractivity contribution in [2.45, 2.75) is 13.3 Å². The van der Waals surface area contributed by atoms with Gasteiger partial charge in [0.25, 0.3) is 0 Å². The maximum Gasteiger partial charge on any atom is 0.356 e. The van der Waals surface area contributed by atoms with Crippen LogP contribution in [0.15, 0.2) is 40.6 Å². The van der Waals surface area contributed by atoms with Crippen LogP contribution < -0.4 is 4.74 Å². The number of carboxylic acids is 1. The van der Waals surface area contributed by atoms with Crippen LogP contribution in [0.2, 0.25) is 0 Å². The average Bonchev–Trinajstić information content (AvgIpc) is 2.60. The van der Waals surface area contributed by atoms with Gasteiger partial charge in [0.05, 0.1) is 19.2 Å². The number of ether oxygens (including phenoxy) is 2. The molecule has 0 spiro atoms. The standard InChI is InChI=1S/C17H15N3O7/c1-9(21)27-12-7-13(17(25)26-2)18-15(8-12)20-19-11-3-4-14(22)10(5-11)6-16(23)24/h3-5,7-8,22H,6H2,1-2H3,(H,23,24)/b20-19+. The number of hydrogen-bond acceptors (Lipinski definition) is 9. The molecule has 0 bridgehead atoms. The minimum absolute atomic E-state index is 0.0316. The highest BCUT2D eigenvalue weighted by Gasteiger charge is 2.13. The van der Waals surface area contributed by atoms with Gasteiger partial charge in [0.2, 0.25) is 0 Å². The molecule has 0 aliphatic carbocycles. The maximum absolute atomic E-state index is 11.7. The summed E-state index contributed by atoms with van der Waals surface area (Å²) in [7, 11) is 1.17. The van der Waals surface area contributed by atoms with Crippen LogP contribution in [0.25, 0.3) is 0 Å². The van der Waals surface area contributed by atoms with Crippen LogP contribution in [0, 0.1) is 0 Å². The molecule has 1 aromatic carbocycles. The molecule has 0 aliphatic heterocycles. The van der Waals surface area contributed by atoms with E-state index in [9.17, 15) is 19.5 Å². The number of carboxylic acid groups (broad SMARTS) is 1. The Hall–Kier alpha value is -3.82. The van der Waals surface area contributed by atoms with Crippen molar-refractivity contribution in [2.24, 2.45) is 10.2 Å². The lowest BCUT2D eigenvalue weighted by molar-refractivity contribution is -0.136. The summed E-state index contributed by atoms with van der Waals surface area (Å²) in [6, 6.07) is 6.56. The summed E-state index contributed by atoms with van der Waals surface area (Å²) in [6.45, 7) is 1.19. The molecule has 2 rings (SSSR count). The Kier molecular flexibility index (Phi) is 6.15. The molecule has 0 atom stereocenters. The molecular weight excluding hydrogens is 358 g/mol. The first-order valence-corrected chi connectivity index (χ1v) is 7.52. The van der Waals surface area contributed by atoms with Crippen LogP contribution in [0.3, 0.4) is 0 Å². The van der Waals surface area contributed by atoms with Gasteiger partial charge in [-0.15, -0.1) is 10.2 Å². The number of rotatable bonds is 6. The topological polar surface area (TPSA) is 148 Å². The molecule has 0 amide bonds. The van der Waals surface area contributed by atoms with Gasteiger partial charge in [-0.25, -0.2) is 9.78 Å². The fraction of sp³-hybridized carbons (Fsp3) is 0.176. The first-order chi connectivity index (χ1) is 12.8. The monoisotopic (exact) mass is 373 g/mol. The lowest BCUT2D eigenvalue weighted by Gasteiger charge is -2.05. The van der Waals surface area contributed by atoms with Gasteiger partial charge in [-0.1, -0.05) is 0 Å². The molecule has 0 saturated carbocycles. The van der Waals surface area contributed by atoms with E-state index in [1.807, 2.05) is 0 Å². The Morgan fingerprint density at radius 2 is 1.89 bits per heavy atom. The van der Waals surface area contributed by atoms with Crippen molar-refractivity contribution in [3.63, 3.8) is 0 Å². The SMILES string of the molecule is COC(=O)c1cc(OC(C)=O)cc(/N=N/c2ccc(O)c(CC(=O)O)c2)n1. The van der Waals surface area contributed by atoms with E-state index in [2.05, 4.69) is 19.9 Å². The highest BCUT2D eigenvalue weighted by atomic mass is 16.5. The van der Waals surface area contributed by atoms with E-state index in [4.69, 9.17) is 9.84 Å². The Morgan fingerprint density at radius 1 is 1.15 bits per heavy atom. The van der Waals surface area contributed by atoms with Gasteiger partial charge in [0.15, 0.2) is 11.5 Å². The third-order valence-corrected chi connectivity index (χ3v) is 3.11. The van der Waals surface area contributed by atoms with Gasteiger partial charge >= 0.3 is 17.9 Å². The molecule has 2 aromatic rings. The van der Waals surface area contributed by atoms with Crippen molar-refractivity contribution < 1.29 is 34.1 Å². The van der Waals surface area contributed by atoms with E-state index < -0.39 is 17.9 Å². The van der Waals surface area contributed by atoms with Crippen LogP contribution in [0.4, 0.5) is 11.5 Å². The molecule has 27 heavy (non-hydrogen) atoms. The number of pyridine rings is 1. The number of phenolic OH excluding ortho intramolecular Hbond substituents is 1. The third kappa shape index (κ3) is 5.59. The van der Waals surface area contributed by atoms with E-state index >= 15 is 0 Å². The first kappa shape index (κ1) is 19.5. The lowest BCUT2D eigenvalue weighted by atomic mass is 10.1. The highest BCUT2D eigenvalue weighted by molar-refractivity contribution is 5.88. The Balaban J connectivity index is 2.36. The number of esters is 2. The summed E-state index contributed by atoms with van der Waals surface area (Å²) in [5.41, 5.74) is 0.279. The number of azo groups is 1. The smallest absolute Gasteiger partial charge is 0.356 e. The molecule has 1 aromatic heterocycles. The summed E-state index contributed by atoms with van der Waals surface area (Å²) >= 11 is 0. The number of aromatic nitrogens is 1. The highest BCUT2D eigenvalue weighted by Crippen LogP contribution is 2.26. The number of phenols is 1. The summed E-state index contributed by atoms with van der Waals surface area (Å²) < 4.78 is 9.52. The van der Waals surface area contributed by atoms with Crippen molar-refractivity contribution in [1.29, 1.82) is 0 Å². The Morgan fingerprint density at radius 3 is 2.52 bits per heavy atom. The number of methoxy groups -OCH3 is 1. The van der Waals surface area contributed by atoms with Crippen LogP contribution in [-0.4, -0.2) is 40.2 Å².